The first kappa shape index (κ1) is 10.4. The molecule has 68 valence electrons. The van der Waals surface area contributed by atoms with Gasteiger partial charge < -0.3 is 0 Å². The summed E-state index contributed by atoms with van der Waals surface area (Å²) in [5.74, 6) is -0.948. The van der Waals surface area contributed by atoms with E-state index in [-0.39, 0.29) is 5.33 Å². The molecule has 0 aliphatic carbocycles. The molecule has 1 aromatic rings. The van der Waals surface area contributed by atoms with Gasteiger partial charge in [0, 0.05) is 10.6 Å². The normalized spacial score (nSPS) is 9.69. The van der Waals surface area contributed by atoms with Crippen molar-refractivity contribution in [3.63, 3.8) is 0 Å². The minimum atomic E-state index is -0.492. The number of alkyl halides is 1. The molecule has 0 aliphatic rings. The lowest BCUT2D eigenvalue weighted by atomic mass is 10.1. The van der Waals surface area contributed by atoms with Gasteiger partial charge in [0.2, 0.25) is 11.6 Å². The lowest BCUT2D eigenvalue weighted by Gasteiger charge is -1.96. The maximum atomic E-state index is 11.3. The number of Topliss-reactive ketones (excluding diaryl/α,β-unsaturated/α-hetero) is 2. The Morgan fingerprint density at radius 1 is 1.23 bits per heavy atom. The van der Waals surface area contributed by atoms with Crippen LogP contribution in [0.1, 0.15) is 10.4 Å². The Balaban J connectivity index is 2.90. The number of halogens is 2. The first-order valence-electron chi connectivity index (χ1n) is 3.54. The van der Waals surface area contributed by atoms with Gasteiger partial charge in [-0.1, -0.05) is 27.5 Å². The zero-order valence-electron chi connectivity index (χ0n) is 6.59. The van der Waals surface area contributed by atoms with E-state index in [1.165, 1.54) is 12.1 Å². The summed E-state index contributed by atoms with van der Waals surface area (Å²) < 4.78 is 0. The third-order valence-electron chi connectivity index (χ3n) is 1.48. The van der Waals surface area contributed by atoms with Gasteiger partial charge in [-0.2, -0.15) is 0 Å². The number of benzene rings is 1. The first-order valence-corrected chi connectivity index (χ1v) is 5.04. The average Bonchev–Trinajstić information content (AvgIpc) is 2.17. The second kappa shape index (κ2) is 4.53. The van der Waals surface area contributed by atoms with Crippen LogP contribution in [0, 0.1) is 0 Å². The number of carbonyl (C=O) groups excluding carboxylic acids is 2. The smallest absolute Gasteiger partial charge is 0.229 e. The largest absolute Gasteiger partial charge is 0.290 e. The summed E-state index contributed by atoms with van der Waals surface area (Å²) in [5.41, 5.74) is 0.369. The lowest BCUT2D eigenvalue weighted by molar-refractivity contribution is -0.112. The van der Waals surface area contributed by atoms with E-state index in [4.69, 9.17) is 11.6 Å². The molecule has 0 bridgehead atoms. The molecule has 1 aromatic carbocycles. The molecule has 0 amide bonds. The van der Waals surface area contributed by atoms with Crippen molar-refractivity contribution in [1.29, 1.82) is 0 Å². The third kappa shape index (κ3) is 2.64. The molecule has 0 heterocycles. The Labute approximate surface area is 89.0 Å². The molecule has 4 heteroatoms. The van der Waals surface area contributed by atoms with Crippen LogP contribution in [0.2, 0.25) is 5.02 Å². The van der Waals surface area contributed by atoms with Crippen LogP contribution in [0.3, 0.4) is 0 Å². The van der Waals surface area contributed by atoms with Crippen LogP contribution in [0.25, 0.3) is 0 Å². The van der Waals surface area contributed by atoms with E-state index in [2.05, 4.69) is 15.9 Å². The number of ketones is 2. The minimum absolute atomic E-state index is 0.0501. The maximum absolute atomic E-state index is 11.3. The molecule has 0 saturated carbocycles. The fourth-order valence-corrected chi connectivity index (χ4v) is 1.20. The van der Waals surface area contributed by atoms with E-state index in [1.54, 1.807) is 12.1 Å². The zero-order chi connectivity index (χ0) is 9.84. The van der Waals surface area contributed by atoms with Gasteiger partial charge in [-0.15, -0.1) is 0 Å². The molecule has 0 fully saturated rings. The predicted octanol–water partition coefficient (Wildman–Crippen LogP) is 2.49. The monoisotopic (exact) mass is 260 g/mol. The molecule has 0 radical (unpaired) electrons. The van der Waals surface area contributed by atoms with E-state index in [9.17, 15) is 9.59 Å². The highest BCUT2D eigenvalue weighted by Gasteiger charge is 2.13. The van der Waals surface area contributed by atoms with Gasteiger partial charge in [0.1, 0.15) is 0 Å². The molecular formula is C9H6BrClO2. The lowest BCUT2D eigenvalue weighted by Crippen LogP contribution is -2.14. The Kier molecular flexibility index (Phi) is 3.63. The highest BCUT2D eigenvalue weighted by molar-refractivity contribution is 9.09. The Morgan fingerprint density at radius 3 is 2.23 bits per heavy atom. The van der Waals surface area contributed by atoms with E-state index in [0.29, 0.717) is 10.6 Å². The van der Waals surface area contributed by atoms with Crippen LogP contribution in [0.5, 0.6) is 0 Å². The van der Waals surface area contributed by atoms with Crippen LogP contribution in [-0.4, -0.2) is 16.9 Å². The van der Waals surface area contributed by atoms with Gasteiger partial charge in [-0.25, -0.2) is 0 Å². The van der Waals surface area contributed by atoms with Crippen LogP contribution < -0.4 is 0 Å². The summed E-state index contributed by atoms with van der Waals surface area (Å²) in [7, 11) is 0. The summed E-state index contributed by atoms with van der Waals surface area (Å²) in [6, 6.07) is 6.23. The Bertz CT molecular complexity index is 332. The minimum Gasteiger partial charge on any atom is -0.290 e. The van der Waals surface area contributed by atoms with Gasteiger partial charge in [0.15, 0.2) is 0 Å². The quantitative estimate of drug-likeness (QED) is 0.476. The van der Waals surface area contributed by atoms with E-state index < -0.39 is 11.6 Å². The summed E-state index contributed by atoms with van der Waals surface area (Å²) in [5, 5.41) is 0.594. The Morgan fingerprint density at radius 2 is 1.77 bits per heavy atom. The average molecular weight is 262 g/mol. The van der Waals surface area contributed by atoms with Gasteiger partial charge in [-0.3, -0.25) is 9.59 Å². The summed E-state index contributed by atoms with van der Waals surface area (Å²) in [6.45, 7) is 0. The molecule has 2 nitrogen and oxygen atoms in total. The van der Waals surface area contributed by atoms with Gasteiger partial charge in [0.05, 0.1) is 5.33 Å². The van der Waals surface area contributed by atoms with Crippen molar-refractivity contribution in [3.8, 4) is 0 Å². The molecule has 0 saturated heterocycles. The topological polar surface area (TPSA) is 34.1 Å². The van der Waals surface area contributed by atoms with Crippen molar-refractivity contribution >= 4 is 39.1 Å². The van der Waals surface area contributed by atoms with E-state index in [1.807, 2.05) is 0 Å². The van der Waals surface area contributed by atoms with E-state index in [0.717, 1.165) is 0 Å². The van der Waals surface area contributed by atoms with Crippen LogP contribution in [-0.2, 0) is 4.79 Å². The Hall–Kier alpha value is -0.670. The summed E-state index contributed by atoms with van der Waals surface area (Å²) >= 11 is 8.56. The highest BCUT2D eigenvalue weighted by atomic mass is 79.9. The number of rotatable bonds is 3. The second-order valence-electron chi connectivity index (χ2n) is 2.39. The van der Waals surface area contributed by atoms with Crippen molar-refractivity contribution in [2.24, 2.45) is 0 Å². The fraction of sp³-hybridized carbons (Fsp3) is 0.111. The predicted molar refractivity (Wildman–Crippen MR) is 54.6 cm³/mol. The van der Waals surface area contributed by atoms with Crippen molar-refractivity contribution in [3.05, 3.63) is 34.9 Å². The molecular weight excluding hydrogens is 255 g/mol. The van der Waals surface area contributed by atoms with Crippen molar-refractivity contribution in [1.82, 2.24) is 0 Å². The molecule has 0 aromatic heterocycles. The van der Waals surface area contributed by atoms with Crippen molar-refractivity contribution < 1.29 is 9.59 Å². The number of carbonyl (C=O) groups is 2. The fourth-order valence-electron chi connectivity index (χ4n) is 0.823. The SMILES string of the molecule is O=C(CBr)C(=O)c1ccc(Cl)cc1. The molecule has 0 spiro atoms. The van der Waals surface area contributed by atoms with Crippen LogP contribution in [0.4, 0.5) is 0 Å². The summed E-state index contributed by atoms with van der Waals surface area (Å²) in [6.07, 6.45) is 0. The van der Waals surface area contributed by atoms with Crippen LogP contribution in [0.15, 0.2) is 24.3 Å². The number of hydrogen-bond donors (Lipinski definition) is 0. The summed E-state index contributed by atoms with van der Waals surface area (Å²) in [4.78, 5) is 22.2. The maximum Gasteiger partial charge on any atom is 0.229 e. The van der Waals surface area contributed by atoms with Crippen molar-refractivity contribution in [2.75, 3.05) is 5.33 Å². The van der Waals surface area contributed by atoms with Gasteiger partial charge in [0.25, 0.3) is 0 Å². The van der Waals surface area contributed by atoms with Crippen LogP contribution >= 0.6 is 27.5 Å². The van der Waals surface area contributed by atoms with Crippen molar-refractivity contribution in [2.45, 2.75) is 0 Å². The first-order chi connectivity index (χ1) is 6.15. The molecule has 0 unspecified atom stereocenters. The third-order valence-corrected chi connectivity index (χ3v) is 2.24. The molecule has 13 heavy (non-hydrogen) atoms. The second-order valence-corrected chi connectivity index (χ2v) is 3.39. The zero-order valence-corrected chi connectivity index (χ0v) is 8.93. The molecule has 0 atom stereocenters. The van der Waals surface area contributed by atoms with E-state index >= 15 is 0 Å². The van der Waals surface area contributed by atoms with Gasteiger partial charge >= 0.3 is 0 Å². The number of hydrogen-bond acceptors (Lipinski definition) is 2. The molecule has 0 aliphatic heterocycles. The molecule has 1 rings (SSSR count). The van der Waals surface area contributed by atoms with Gasteiger partial charge in [-0.05, 0) is 24.3 Å². The molecule has 0 N–H and O–H groups in total. The highest BCUT2D eigenvalue weighted by Crippen LogP contribution is 2.10. The standard InChI is InChI=1S/C9H6BrClO2/c10-5-8(12)9(13)6-1-3-7(11)4-2-6/h1-4H,5H2.